The third-order valence-corrected chi connectivity index (χ3v) is 3.82. The van der Waals surface area contributed by atoms with Gasteiger partial charge in [0.15, 0.2) is 0 Å². The summed E-state index contributed by atoms with van der Waals surface area (Å²) in [5.74, 6) is 1.78. The minimum Gasteiger partial charge on any atom is -0.489 e. The maximum absolute atomic E-state index is 14.3. The lowest BCUT2D eigenvalue weighted by Crippen LogP contribution is -2.34. The number of aryl methyl sites for hydroxylation is 1. The van der Waals surface area contributed by atoms with E-state index < -0.39 is 5.82 Å². The second-order valence-corrected chi connectivity index (χ2v) is 5.67. The summed E-state index contributed by atoms with van der Waals surface area (Å²) in [5, 5.41) is 3.06. The average molecular weight is 358 g/mol. The van der Waals surface area contributed by atoms with E-state index in [0.717, 1.165) is 18.7 Å². The van der Waals surface area contributed by atoms with E-state index in [0.29, 0.717) is 35.0 Å². The molecule has 1 aromatic heterocycles. The molecule has 130 valence electrons. The Balaban J connectivity index is 0.00000208. The number of nitrogens with one attached hydrogen (secondary N) is 1. The summed E-state index contributed by atoms with van der Waals surface area (Å²) >= 11 is 0. The first-order valence-electron chi connectivity index (χ1n) is 7.49. The first kappa shape index (κ1) is 18.4. The molecule has 0 unspecified atom stereocenters. The quantitative estimate of drug-likeness (QED) is 0.781. The van der Waals surface area contributed by atoms with Crippen LogP contribution in [0.3, 0.4) is 0 Å². The highest BCUT2D eigenvalue weighted by Gasteiger charge is 2.36. The van der Waals surface area contributed by atoms with Gasteiger partial charge in [0.2, 0.25) is 0 Å². The fourth-order valence-electron chi connectivity index (χ4n) is 2.35. The number of benzene rings is 1. The van der Waals surface area contributed by atoms with Gasteiger partial charge in [-0.05, 0) is 30.0 Å². The van der Waals surface area contributed by atoms with Crippen LogP contribution in [0.2, 0.25) is 0 Å². The maximum Gasteiger partial charge on any atom is 0.322 e. The molecule has 1 aliphatic carbocycles. The Kier molecular flexibility index (Phi) is 5.90. The lowest BCUT2D eigenvalue weighted by Gasteiger charge is -2.07. The number of rotatable bonds is 6. The van der Waals surface area contributed by atoms with Crippen molar-refractivity contribution in [2.45, 2.75) is 18.8 Å². The van der Waals surface area contributed by atoms with E-state index in [4.69, 9.17) is 10.5 Å². The van der Waals surface area contributed by atoms with Crippen molar-refractivity contribution in [3.8, 4) is 17.1 Å². The summed E-state index contributed by atoms with van der Waals surface area (Å²) in [6, 6.07) is 4.49. The molecule has 2 aromatic rings. The van der Waals surface area contributed by atoms with E-state index in [1.54, 1.807) is 12.1 Å². The highest BCUT2D eigenvalue weighted by molar-refractivity contribution is 5.85. The van der Waals surface area contributed by atoms with Crippen molar-refractivity contribution in [3.05, 3.63) is 41.7 Å². The molecule has 0 bridgehead atoms. The van der Waals surface area contributed by atoms with E-state index >= 15 is 0 Å². The number of nitrogens with two attached hydrogens (primary N) is 1. The van der Waals surface area contributed by atoms with Crippen LogP contribution in [0.15, 0.2) is 30.1 Å². The van der Waals surface area contributed by atoms with Crippen LogP contribution in [0.4, 0.5) is 8.78 Å². The summed E-state index contributed by atoms with van der Waals surface area (Å²) in [6.07, 6.45) is 2.66. The van der Waals surface area contributed by atoms with Crippen LogP contribution >= 0.6 is 12.4 Å². The minimum absolute atomic E-state index is 0. The van der Waals surface area contributed by atoms with E-state index in [2.05, 4.69) is 10.1 Å². The molecule has 0 atom stereocenters. The van der Waals surface area contributed by atoms with Crippen LogP contribution in [-0.2, 0) is 7.05 Å². The number of aromatic nitrogens is 3. The van der Waals surface area contributed by atoms with Gasteiger partial charge in [0.1, 0.15) is 25.2 Å². The monoisotopic (exact) mass is 357 g/mol. The van der Waals surface area contributed by atoms with Crippen molar-refractivity contribution >= 4 is 12.4 Å². The lowest BCUT2D eigenvalue weighted by molar-refractivity contribution is -0.734. The fourth-order valence-corrected chi connectivity index (χ4v) is 2.35. The number of hydrogen-bond acceptors (Lipinski definition) is 3. The van der Waals surface area contributed by atoms with E-state index in [-0.39, 0.29) is 25.6 Å². The minimum atomic E-state index is -0.447. The number of hydrogen-bond donors (Lipinski definition) is 2. The van der Waals surface area contributed by atoms with Gasteiger partial charge in [-0.15, -0.1) is 12.4 Å². The molecule has 8 heteroatoms. The topological polar surface area (TPSA) is 67.8 Å². The number of H-pyrrole nitrogens is 1. The van der Waals surface area contributed by atoms with Gasteiger partial charge < -0.3 is 10.5 Å². The molecule has 3 N–H and O–H groups in total. The van der Waals surface area contributed by atoms with Crippen LogP contribution in [-0.4, -0.2) is 23.2 Å². The lowest BCUT2D eigenvalue weighted by atomic mass is 10.2. The molecule has 1 fully saturated rings. The first-order chi connectivity index (χ1) is 11.1. The van der Waals surface area contributed by atoms with Gasteiger partial charge in [-0.3, -0.25) is 0 Å². The second-order valence-electron chi connectivity index (χ2n) is 5.67. The van der Waals surface area contributed by atoms with Crippen molar-refractivity contribution < 1.29 is 18.2 Å². The summed E-state index contributed by atoms with van der Waals surface area (Å²) in [6.45, 7) is 0.0528. The van der Waals surface area contributed by atoms with Crippen LogP contribution in [0, 0.1) is 5.82 Å². The third kappa shape index (κ3) is 3.91. The van der Waals surface area contributed by atoms with Gasteiger partial charge in [0.05, 0.1) is 17.8 Å². The van der Waals surface area contributed by atoms with Crippen molar-refractivity contribution in [2.24, 2.45) is 12.8 Å². The molecule has 1 heterocycles. The van der Waals surface area contributed by atoms with E-state index in [9.17, 15) is 8.78 Å². The largest absolute Gasteiger partial charge is 0.489 e. The molecule has 1 aromatic carbocycles. The molecule has 0 aliphatic heterocycles. The van der Waals surface area contributed by atoms with Crippen LogP contribution < -0.4 is 15.2 Å². The molecule has 5 nitrogen and oxygen atoms in total. The summed E-state index contributed by atoms with van der Waals surface area (Å²) in [5.41, 5.74) is 6.03. The van der Waals surface area contributed by atoms with Gasteiger partial charge in [0, 0.05) is 18.2 Å². The smallest absolute Gasteiger partial charge is 0.322 e. The number of aromatic amines is 1. The molecular weight excluding hydrogens is 338 g/mol. The van der Waals surface area contributed by atoms with Crippen LogP contribution in [0.1, 0.15) is 24.6 Å². The van der Waals surface area contributed by atoms with Gasteiger partial charge in [-0.1, -0.05) is 0 Å². The first-order valence-corrected chi connectivity index (χ1v) is 7.49. The van der Waals surface area contributed by atoms with Crippen molar-refractivity contribution in [1.82, 2.24) is 10.1 Å². The van der Waals surface area contributed by atoms with E-state index in [1.807, 2.05) is 11.7 Å². The number of nitrogens with zero attached hydrogens (tertiary/aromatic N) is 2. The van der Waals surface area contributed by atoms with Crippen molar-refractivity contribution in [1.29, 1.82) is 0 Å². The molecule has 3 rings (SSSR count). The predicted octanol–water partition coefficient (Wildman–Crippen LogP) is 2.53. The average Bonchev–Trinajstić information content (AvgIpc) is 3.31. The highest BCUT2D eigenvalue weighted by atomic mass is 35.5. The Morgan fingerprint density at radius 1 is 1.50 bits per heavy atom. The number of ether oxygens (including phenoxy) is 1. The fraction of sp³-hybridized carbons (Fsp3) is 0.375. The Labute approximate surface area is 144 Å². The standard InChI is InChI=1S/C16H18F2N4O.ClH/c1-22-16(11-2-3-11)20-15(21-22)13-5-4-12(6-14(13)18)23-9-10(7-17)8-19;/h4-7,11H,2-3,8-9,19H2,1H3;1H/p+1/b10-7+;. The molecule has 1 saturated carbocycles. The maximum atomic E-state index is 14.3. The highest BCUT2D eigenvalue weighted by Crippen LogP contribution is 2.38. The van der Waals surface area contributed by atoms with Gasteiger partial charge >= 0.3 is 5.82 Å². The SMILES string of the molecule is C[n+]1[nH]c(-c2ccc(OC/C(=C/F)CN)cc2F)nc1C1CC1.Cl. The Hall–Kier alpha value is -1.99. The van der Waals surface area contributed by atoms with Crippen LogP contribution in [0.5, 0.6) is 5.75 Å². The molecule has 0 radical (unpaired) electrons. The normalized spacial score (nSPS) is 14.4. The molecule has 1 aliphatic rings. The third-order valence-electron chi connectivity index (χ3n) is 3.82. The molecule has 0 spiro atoms. The summed E-state index contributed by atoms with van der Waals surface area (Å²) in [4.78, 5) is 4.48. The van der Waals surface area contributed by atoms with Crippen LogP contribution in [0.25, 0.3) is 11.4 Å². The van der Waals surface area contributed by atoms with E-state index in [1.165, 1.54) is 6.07 Å². The van der Waals surface area contributed by atoms with Crippen molar-refractivity contribution in [2.75, 3.05) is 13.2 Å². The van der Waals surface area contributed by atoms with Gasteiger partial charge in [-0.25, -0.2) is 8.78 Å². The molecule has 0 amide bonds. The summed E-state index contributed by atoms with van der Waals surface area (Å²) < 4.78 is 33.9. The number of halogens is 3. The Morgan fingerprint density at radius 2 is 2.25 bits per heavy atom. The molecular formula is C16H20ClF2N4O+. The van der Waals surface area contributed by atoms with Crippen molar-refractivity contribution in [3.63, 3.8) is 0 Å². The molecule has 0 saturated heterocycles. The van der Waals surface area contributed by atoms with Gasteiger partial charge in [0.25, 0.3) is 5.82 Å². The zero-order chi connectivity index (χ0) is 16.4. The zero-order valence-corrected chi connectivity index (χ0v) is 14.1. The Bertz CT molecular complexity index is 744. The predicted molar refractivity (Wildman–Crippen MR) is 88.1 cm³/mol. The van der Waals surface area contributed by atoms with Gasteiger partial charge in [-0.2, -0.15) is 9.78 Å². The summed E-state index contributed by atoms with van der Waals surface area (Å²) in [7, 11) is 1.87. The molecule has 24 heavy (non-hydrogen) atoms. The zero-order valence-electron chi connectivity index (χ0n) is 13.3. The second kappa shape index (κ2) is 7.72. The Morgan fingerprint density at radius 3 is 2.83 bits per heavy atom.